The van der Waals surface area contributed by atoms with Crippen LogP contribution in [0.4, 0.5) is 0 Å². The summed E-state index contributed by atoms with van der Waals surface area (Å²) < 4.78 is 71.7. The largest absolute Gasteiger partial charge is 1.00 e. The average Bonchev–Trinajstić information content (AvgIpc) is 3.55. The van der Waals surface area contributed by atoms with Gasteiger partial charge in [0.05, 0.1) is 43.6 Å². The number of benzene rings is 3. The van der Waals surface area contributed by atoms with Gasteiger partial charge in [0.1, 0.15) is 5.75 Å². The fraction of sp³-hybridized carbons (Fsp3) is 0.300. The van der Waals surface area contributed by atoms with E-state index in [9.17, 15) is 22.9 Å². The van der Waals surface area contributed by atoms with Crippen LogP contribution in [0.25, 0.3) is 5.57 Å². The first-order valence-corrected chi connectivity index (χ1v) is 14.7. The Hall–Kier alpha value is -3.46. The monoisotopic (exact) mass is 636 g/mol. The molecule has 0 aromatic heterocycles. The van der Waals surface area contributed by atoms with Crippen molar-refractivity contribution in [2.75, 3.05) is 40.5 Å². The van der Waals surface area contributed by atoms with Gasteiger partial charge in [-0.05, 0) is 66.1 Å². The zero-order chi connectivity index (χ0) is 30.8. The van der Waals surface area contributed by atoms with Crippen molar-refractivity contribution < 1.29 is 85.6 Å². The second-order valence-electron chi connectivity index (χ2n) is 9.65. The van der Waals surface area contributed by atoms with Crippen molar-refractivity contribution >= 4 is 21.7 Å². The SMILES string of the molecule is COc1ccc(C2(O)OC(=O)C(c3ccc4c(c3)OCO4)=C2Cc2cc(OC)c(OC)c(OCCCS(=O)(=O)[O-])c2)cc1.[Na+]. The fourth-order valence-corrected chi connectivity index (χ4v) is 5.43. The van der Waals surface area contributed by atoms with Crippen LogP contribution in [-0.4, -0.2) is 64.5 Å². The van der Waals surface area contributed by atoms with Crippen molar-refractivity contribution in [2.24, 2.45) is 0 Å². The van der Waals surface area contributed by atoms with E-state index < -0.39 is 27.6 Å². The zero-order valence-corrected chi connectivity index (χ0v) is 27.4. The third-order valence-corrected chi connectivity index (χ3v) is 7.77. The second kappa shape index (κ2) is 13.7. The summed E-state index contributed by atoms with van der Waals surface area (Å²) in [6, 6.07) is 14.8. The molecular weight excluding hydrogens is 607 g/mol. The summed E-state index contributed by atoms with van der Waals surface area (Å²) in [6.07, 6.45) is -0.0514. The minimum atomic E-state index is -4.41. The van der Waals surface area contributed by atoms with Crippen LogP contribution < -0.4 is 58.0 Å². The number of hydrogen-bond donors (Lipinski definition) is 1. The Bertz CT molecular complexity index is 1670. The Morgan fingerprint density at radius 1 is 0.932 bits per heavy atom. The molecule has 0 spiro atoms. The van der Waals surface area contributed by atoms with E-state index in [4.69, 9.17) is 33.2 Å². The molecule has 1 unspecified atom stereocenters. The number of methoxy groups -OCH3 is 3. The van der Waals surface area contributed by atoms with Gasteiger partial charge in [-0.15, -0.1) is 0 Å². The van der Waals surface area contributed by atoms with Crippen LogP contribution in [0.3, 0.4) is 0 Å². The normalized spacial score (nSPS) is 17.2. The molecule has 1 N–H and O–H groups in total. The summed E-state index contributed by atoms with van der Waals surface area (Å²) in [6.45, 7) is -0.0486. The van der Waals surface area contributed by atoms with Crippen LogP contribution in [0.5, 0.6) is 34.5 Å². The third-order valence-electron chi connectivity index (χ3n) is 6.98. The van der Waals surface area contributed by atoms with E-state index in [-0.39, 0.29) is 84.2 Å². The molecule has 2 aliphatic rings. The molecule has 0 fully saturated rings. The Morgan fingerprint density at radius 3 is 2.30 bits per heavy atom. The van der Waals surface area contributed by atoms with Crippen molar-refractivity contribution in [1.29, 1.82) is 0 Å². The number of ether oxygens (including phenoxy) is 7. The molecular formula is C30H29NaO12S. The standard InChI is InChI=1S/C30H30O12S.Na/c1-36-21-8-6-20(7-9-21)30(32)22(27(29(31)42-30)19-5-10-23-24(16-19)41-17-40-23)13-18-14-25(37-2)28(38-3)26(15-18)39-11-4-12-43(33,34)35;/h5-10,14-16,32H,4,11-13,17H2,1-3H3,(H,33,34,35);/q;+1/p-1. The summed E-state index contributed by atoms with van der Waals surface area (Å²) in [5.74, 6) is -1.23. The maximum atomic E-state index is 13.5. The number of fused-ring (bicyclic) bond motifs is 1. The van der Waals surface area contributed by atoms with Crippen molar-refractivity contribution in [1.82, 2.24) is 0 Å². The van der Waals surface area contributed by atoms with Crippen LogP contribution in [-0.2, 0) is 31.9 Å². The molecule has 0 radical (unpaired) electrons. The molecule has 14 heteroatoms. The number of aliphatic hydroxyl groups is 1. The van der Waals surface area contributed by atoms with Gasteiger partial charge in [-0.3, -0.25) is 0 Å². The quantitative estimate of drug-likeness (QED) is 0.124. The predicted molar refractivity (Wildman–Crippen MR) is 150 cm³/mol. The van der Waals surface area contributed by atoms with Crippen LogP contribution in [0, 0.1) is 0 Å². The van der Waals surface area contributed by atoms with E-state index >= 15 is 0 Å². The molecule has 1 atom stereocenters. The molecule has 0 saturated heterocycles. The number of rotatable bonds is 12. The van der Waals surface area contributed by atoms with E-state index in [1.165, 1.54) is 21.3 Å². The first-order valence-electron chi connectivity index (χ1n) is 13.1. The smallest absolute Gasteiger partial charge is 0.748 e. The average molecular weight is 637 g/mol. The topological polar surface area (TPSA) is 159 Å². The van der Waals surface area contributed by atoms with Crippen LogP contribution in [0.2, 0.25) is 0 Å². The maximum absolute atomic E-state index is 13.5. The van der Waals surface area contributed by atoms with Crippen molar-refractivity contribution in [3.05, 3.63) is 76.9 Å². The molecule has 2 heterocycles. The predicted octanol–water partition coefficient (Wildman–Crippen LogP) is 0.158. The van der Waals surface area contributed by atoms with E-state index in [0.717, 1.165) is 0 Å². The number of carbonyl (C=O) groups is 1. The fourth-order valence-electron chi connectivity index (χ4n) is 4.96. The summed E-state index contributed by atoms with van der Waals surface area (Å²) in [4.78, 5) is 13.5. The molecule has 0 amide bonds. The third kappa shape index (κ3) is 6.93. The van der Waals surface area contributed by atoms with Gasteiger partial charge >= 0.3 is 35.5 Å². The summed E-state index contributed by atoms with van der Waals surface area (Å²) >= 11 is 0. The van der Waals surface area contributed by atoms with Gasteiger partial charge in [0.25, 0.3) is 5.79 Å². The minimum absolute atomic E-state index is 0. The molecule has 3 aromatic rings. The van der Waals surface area contributed by atoms with Gasteiger partial charge < -0.3 is 42.8 Å². The van der Waals surface area contributed by atoms with Crippen LogP contribution in [0.15, 0.2) is 60.2 Å². The Kier molecular flexibility index (Phi) is 10.4. The first-order chi connectivity index (χ1) is 20.6. The van der Waals surface area contributed by atoms with Crippen LogP contribution >= 0.6 is 0 Å². The van der Waals surface area contributed by atoms with E-state index in [1.54, 1.807) is 54.6 Å². The van der Waals surface area contributed by atoms with Gasteiger partial charge in [0, 0.05) is 23.3 Å². The number of hydrogen-bond acceptors (Lipinski definition) is 12. The molecule has 0 aliphatic carbocycles. The summed E-state index contributed by atoms with van der Waals surface area (Å²) in [7, 11) is -0.0456. The van der Waals surface area contributed by atoms with Gasteiger partial charge in [0.2, 0.25) is 12.5 Å². The molecule has 0 saturated carbocycles. The van der Waals surface area contributed by atoms with Crippen molar-refractivity contribution in [3.63, 3.8) is 0 Å². The first kappa shape index (κ1) is 33.4. The number of carbonyl (C=O) groups excluding carboxylic acids is 1. The van der Waals surface area contributed by atoms with Gasteiger partial charge in [0.15, 0.2) is 23.0 Å². The van der Waals surface area contributed by atoms with E-state index in [1.807, 2.05) is 0 Å². The maximum Gasteiger partial charge on any atom is 1.00 e. The van der Waals surface area contributed by atoms with Gasteiger partial charge in [-0.1, -0.05) is 6.07 Å². The van der Waals surface area contributed by atoms with Crippen LogP contribution in [0.1, 0.15) is 23.1 Å². The minimum Gasteiger partial charge on any atom is -0.748 e. The molecule has 44 heavy (non-hydrogen) atoms. The number of esters is 1. The van der Waals surface area contributed by atoms with Crippen molar-refractivity contribution in [2.45, 2.75) is 18.6 Å². The summed E-state index contributed by atoms with van der Waals surface area (Å²) in [5, 5.41) is 12.0. The molecule has 5 rings (SSSR count). The molecule has 228 valence electrons. The Balaban J connectivity index is 0.00000442. The van der Waals surface area contributed by atoms with E-state index in [2.05, 4.69) is 0 Å². The van der Waals surface area contributed by atoms with Crippen molar-refractivity contribution in [3.8, 4) is 34.5 Å². The summed E-state index contributed by atoms with van der Waals surface area (Å²) in [5.41, 5.74) is 1.65. The zero-order valence-electron chi connectivity index (χ0n) is 24.6. The van der Waals surface area contributed by atoms with Gasteiger partial charge in [-0.2, -0.15) is 0 Å². The molecule has 0 bridgehead atoms. The second-order valence-corrected chi connectivity index (χ2v) is 11.2. The van der Waals surface area contributed by atoms with E-state index in [0.29, 0.717) is 33.9 Å². The molecule has 12 nitrogen and oxygen atoms in total. The number of cyclic esters (lactones) is 1. The Morgan fingerprint density at radius 2 is 1.64 bits per heavy atom. The van der Waals surface area contributed by atoms with Gasteiger partial charge in [-0.25, -0.2) is 13.2 Å². The Labute approximate surface area is 276 Å². The molecule has 2 aliphatic heterocycles. The molecule has 3 aromatic carbocycles.